The van der Waals surface area contributed by atoms with Crippen LogP contribution >= 0.6 is 0 Å². The first-order chi connectivity index (χ1) is 13.8. The summed E-state index contributed by atoms with van der Waals surface area (Å²) >= 11 is 0. The number of hydrogen-bond donors (Lipinski definition) is 4. The molecule has 0 aromatic heterocycles. The molecule has 164 valence electrons. The summed E-state index contributed by atoms with van der Waals surface area (Å²) in [6, 6.07) is 0. The van der Waals surface area contributed by atoms with Crippen molar-refractivity contribution in [1.82, 2.24) is 0 Å². The molecule has 0 amide bonds. The quantitative estimate of drug-likeness (QED) is 0.256. The third kappa shape index (κ3) is 9.07. The van der Waals surface area contributed by atoms with Gasteiger partial charge in [0, 0.05) is 12.0 Å². The summed E-state index contributed by atoms with van der Waals surface area (Å²) in [4.78, 5) is 10.5. The highest BCUT2D eigenvalue weighted by atomic mass is 19.1. The predicted octanol–water partition coefficient (Wildman–Crippen LogP) is 4.06. The van der Waals surface area contributed by atoms with Gasteiger partial charge in [0.25, 0.3) is 0 Å². The van der Waals surface area contributed by atoms with Crippen molar-refractivity contribution in [2.75, 3.05) is 0 Å². The topological polar surface area (TPSA) is 98.0 Å². The van der Waals surface area contributed by atoms with E-state index in [1.165, 1.54) is 18.2 Å². The van der Waals surface area contributed by atoms with E-state index >= 15 is 0 Å². The van der Waals surface area contributed by atoms with Crippen molar-refractivity contribution in [2.24, 2.45) is 11.8 Å². The van der Waals surface area contributed by atoms with Crippen LogP contribution in [0, 0.1) is 11.8 Å². The third-order valence-corrected chi connectivity index (χ3v) is 5.67. The molecule has 5 nitrogen and oxygen atoms in total. The highest BCUT2D eigenvalue weighted by Crippen LogP contribution is 2.39. The lowest BCUT2D eigenvalue weighted by Gasteiger charge is -2.24. The van der Waals surface area contributed by atoms with Crippen LogP contribution in [0.1, 0.15) is 57.8 Å². The molecule has 0 aromatic carbocycles. The monoisotopic (exact) mass is 410 g/mol. The van der Waals surface area contributed by atoms with Crippen LogP contribution < -0.4 is 0 Å². The molecule has 0 heterocycles. The fourth-order valence-electron chi connectivity index (χ4n) is 4.03. The lowest BCUT2D eigenvalue weighted by molar-refractivity contribution is -0.137. The van der Waals surface area contributed by atoms with Gasteiger partial charge < -0.3 is 20.4 Å². The molecule has 5 atom stereocenters. The molecule has 4 N–H and O–H groups in total. The lowest BCUT2D eigenvalue weighted by atomic mass is 9.85. The molecule has 29 heavy (non-hydrogen) atoms. The number of carboxylic acids is 1. The number of carboxylic acid groups (broad SMARTS) is 1. The number of aliphatic hydroxyl groups is 3. The smallest absolute Gasteiger partial charge is 0.303 e. The van der Waals surface area contributed by atoms with Crippen LogP contribution in [0.4, 0.5) is 4.39 Å². The van der Waals surface area contributed by atoms with Crippen molar-refractivity contribution in [2.45, 2.75) is 76.1 Å². The van der Waals surface area contributed by atoms with E-state index in [0.29, 0.717) is 25.7 Å². The van der Waals surface area contributed by atoms with Gasteiger partial charge in [-0.05, 0) is 50.0 Å². The fourth-order valence-corrected chi connectivity index (χ4v) is 4.03. The minimum absolute atomic E-state index is 0.0255. The number of unbranched alkanes of at least 4 members (excludes halogenated alkanes) is 3. The number of aliphatic carboxylic acids is 1. The highest BCUT2D eigenvalue weighted by Gasteiger charge is 2.40. The molecule has 0 aromatic rings. The predicted molar refractivity (Wildman–Crippen MR) is 112 cm³/mol. The Labute approximate surface area is 173 Å². The molecule has 1 fully saturated rings. The summed E-state index contributed by atoms with van der Waals surface area (Å²) in [6.45, 7) is 6.90. The van der Waals surface area contributed by atoms with E-state index in [1.807, 2.05) is 0 Å². The van der Waals surface area contributed by atoms with Gasteiger partial charge >= 0.3 is 5.97 Å². The number of halogens is 1. The molecule has 0 radical (unpaired) electrons. The maximum atomic E-state index is 13.5. The first-order valence-electron chi connectivity index (χ1n) is 10.4. The molecule has 0 bridgehead atoms. The van der Waals surface area contributed by atoms with E-state index in [4.69, 9.17) is 5.11 Å². The largest absolute Gasteiger partial charge is 0.481 e. The first-order valence-corrected chi connectivity index (χ1v) is 10.4. The van der Waals surface area contributed by atoms with Crippen LogP contribution in [0.3, 0.4) is 0 Å². The van der Waals surface area contributed by atoms with E-state index in [9.17, 15) is 24.5 Å². The number of allylic oxidation sites excluding steroid dienone is 5. The molecular weight excluding hydrogens is 375 g/mol. The minimum atomic E-state index is -0.788. The van der Waals surface area contributed by atoms with Gasteiger partial charge in [0.05, 0.1) is 18.3 Å². The summed E-state index contributed by atoms with van der Waals surface area (Å²) in [5, 5.41) is 39.4. The summed E-state index contributed by atoms with van der Waals surface area (Å²) in [6.07, 6.45) is 8.97. The van der Waals surface area contributed by atoms with Crippen molar-refractivity contribution in [1.29, 1.82) is 0 Å². The molecule has 1 rings (SSSR count). The maximum Gasteiger partial charge on any atom is 0.303 e. The normalized spacial score (nSPS) is 26.3. The SMILES string of the molecule is C=C/C(F)=C(C=C)/C=C\C(O)CC[C@@H]1[C@@H](CCCCCCC(=O)O)[C@@H](O)C[C@H]1O. The van der Waals surface area contributed by atoms with Gasteiger partial charge in [-0.1, -0.05) is 50.6 Å². The second-order valence-corrected chi connectivity index (χ2v) is 7.76. The number of hydrogen-bond acceptors (Lipinski definition) is 4. The van der Waals surface area contributed by atoms with Crippen LogP contribution in [-0.4, -0.2) is 44.7 Å². The Balaban J connectivity index is 2.49. The van der Waals surface area contributed by atoms with Crippen LogP contribution in [0.2, 0.25) is 0 Å². The molecule has 6 heteroatoms. The van der Waals surface area contributed by atoms with E-state index < -0.39 is 30.1 Å². The standard InChI is InChI=1S/C23H35FO5/c1-3-16(20(24)4-2)11-12-17(25)13-14-19-18(21(26)15-22(19)27)9-7-5-6-8-10-23(28)29/h3-4,11-12,17-19,21-22,25-27H,1-2,5-10,13-15H2,(H,28,29)/b12-11-,20-16-/t17?,18-,19-,21+,22-/m1/s1. The molecular formula is C23H35FO5. The number of carbonyl (C=O) groups is 1. The average Bonchev–Trinajstić information content (AvgIpc) is 2.95. The van der Waals surface area contributed by atoms with Gasteiger partial charge in [0.2, 0.25) is 0 Å². The summed E-state index contributed by atoms with van der Waals surface area (Å²) < 4.78 is 13.5. The Bertz CT molecular complexity index is 598. The van der Waals surface area contributed by atoms with Crippen molar-refractivity contribution < 1.29 is 29.6 Å². The Hall–Kier alpha value is -1.76. The first kappa shape index (κ1) is 25.3. The van der Waals surface area contributed by atoms with Crippen LogP contribution in [-0.2, 0) is 4.79 Å². The molecule has 0 aliphatic heterocycles. The van der Waals surface area contributed by atoms with E-state index in [-0.39, 0.29) is 23.8 Å². The van der Waals surface area contributed by atoms with Gasteiger partial charge in [-0.15, -0.1) is 0 Å². The second-order valence-electron chi connectivity index (χ2n) is 7.76. The number of aliphatic hydroxyl groups excluding tert-OH is 3. The van der Waals surface area contributed by atoms with Crippen LogP contribution in [0.5, 0.6) is 0 Å². The molecule has 1 saturated carbocycles. The molecule has 1 aliphatic carbocycles. The zero-order chi connectivity index (χ0) is 21.8. The molecule has 1 aliphatic rings. The summed E-state index contributed by atoms with van der Waals surface area (Å²) in [5.41, 5.74) is 0.246. The molecule has 0 saturated heterocycles. The van der Waals surface area contributed by atoms with Crippen molar-refractivity contribution in [3.63, 3.8) is 0 Å². The lowest BCUT2D eigenvalue weighted by Crippen LogP contribution is -2.23. The van der Waals surface area contributed by atoms with Crippen molar-refractivity contribution in [3.8, 4) is 0 Å². The van der Waals surface area contributed by atoms with Gasteiger partial charge in [0.1, 0.15) is 5.83 Å². The van der Waals surface area contributed by atoms with E-state index in [2.05, 4.69) is 13.2 Å². The van der Waals surface area contributed by atoms with Gasteiger partial charge in [-0.3, -0.25) is 4.79 Å². The second kappa shape index (κ2) is 13.5. The zero-order valence-corrected chi connectivity index (χ0v) is 17.0. The zero-order valence-electron chi connectivity index (χ0n) is 17.0. The molecule has 1 unspecified atom stereocenters. The summed E-state index contributed by atoms with van der Waals surface area (Å²) in [5.74, 6) is -1.41. The molecule has 0 spiro atoms. The average molecular weight is 411 g/mol. The number of rotatable bonds is 14. The summed E-state index contributed by atoms with van der Waals surface area (Å²) in [7, 11) is 0. The van der Waals surface area contributed by atoms with Crippen molar-refractivity contribution >= 4 is 5.97 Å². The fraction of sp³-hybridized carbons (Fsp3) is 0.609. The third-order valence-electron chi connectivity index (χ3n) is 5.67. The Morgan fingerprint density at radius 1 is 1.03 bits per heavy atom. The van der Waals surface area contributed by atoms with Gasteiger partial charge in [-0.2, -0.15) is 0 Å². The minimum Gasteiger partial charge on any atom is -0.481 e. The highest BCUT2D eigenvalue weighted by molar-refractivity contribution is 5.66. The van der Waals surface area contributed by atoms with Crippen LogP contribution in [0.25, 0.3) is 0 Å². The van der Waals surface area contributed by atoms with Crippen molar-refractivity contribution in [3.05, 3.63) is 48.9 Å². The van der Waals surface area contributed by atoms with Crippen LogP contribution in [0.15, 0.2) is 48.9 Å². The Morgan fingerprint density at radius 3 is 2.24 bits per heavy atom. The van der Waals surface area contributed by atoms with Gasteiger partial charge in [0.15, 0.2) is 0 Å². The Kier molecular flexibility index (Phi) is 11.7. The van der Waals surface area contributed by atoms with E-state index in [1.54, 1.807) is 0 Å². The Morgan fingerprint density at radius 2 is 1.66 bits per heavy atom. The maximum absolute atomic E-state index is 13.5. The van der Waals surface area contributed by atoms with Gasteiger partial charge in [-0.25, -0.2) is 4.39 Å². The van der Waals surface area contributed by atoms with E-state index in [0.717, 1.165) is 31.8 Å².